The van der Waals surface area contributed by atoms with Gasteiger partial charge in [-0.1, -0.05) is 19.9 Å². The van der Waals surface area contributed by atoms with E-state index in [1.807, 2.05) is 4.90 Å². The normalized spacial score (nSPS) is 18.3. The number of phenolic OH excluding ortho intramolecular Hbond substituents is 1. The van der Waals surface area contributed by atoms with Gasteiger partial charge >= 0.3 is 0 Å². The number of hydrogen-bond donors (Lipinski definition) is 1. The molecule has 1 unspecified atom stereocenters. The Bertz CT molecular complexity index is 500. The average Bonchev–Trinajstić information content (AvgIpc) is 2.98. The van der Waals surface area contributed by atoms with Gasteiger partial charge in [-0.05, 0) is 31.6 Å². The van der Waals surface area contributed by atoms with E-state index in [1.165, 1.54) is 7.11 Å². The van der Waals surface area contributed by atoms with Crippen molar-refractivity contribution in [3.8, 4) is 11.5 Å². The van der Waals surface area contributed by atoms with Crippen LogP contribution in [0.2, 0.25) is 0 Å². The lowest BCUT2D eigenvalue weighted by atomic mass is 10.1. The van der Waals surface area contributed by atoms with Crippen LogP contribution in [0.15, 0.2) is 18.2 Å². The predicted molar refractivity (Wildman–Crippen MR) is 81.9 cm³/mol. The van der Waals surface area contributed by atoms with E-state index in [-0.39, 0.29) is 11.7 Å². The Balaban J connectivity index is 2.12. The summed E-state index contributed by atoms with van der Waals surface area (Å²) >= 11 is 0. The van der Waals surface area contributed by atoms with Crippen molar-refractivity contribution in [2.75, 3.05) is 33.3 Å². The van der Waals surface area contributed by atoms with Gasteiger partial charge < -0.3 is 14.7 Å². The van der Waals surface area contributed by atoms with Crippen LogP contribution in [0.4, 0.5) is 0 Å². The zero-order valence-electron chi connectivity index (χ0n) is 13.0. The van der Waals surface area contributed by atoms with Crippen molar-refractivity contribution in [1.82, 2.24) is 9.80 Å². The summed E-state index contributed by atoms with van der Waals surface area (Å²) in [5.74, 6) is 0.137. The Labute approximate surface area is 126 Å². The highest BCUT2D eigenvalue weighted by Crippen LogP contribution is 2.31. The second-order valence-corrected chi connectivity index (χ2v) is 5.27. The van der Waals surface area contributed by atoms with Gasteiger partial charge in [0, 0.05) is 19.1 Å². The number of carbonyl (C=O) groups excluding carboxylic acids is 1. The maximum absolute atomic E-state index is 12.6. The third-order valence-electron chi connectivity index (χ3n) is 4.23. The lowest BCUT2D eigenvalue weighted by Crippen LogP contribution is -2.38. The molecule has 0 spiro atoms. The summed E-state index contributed by atoms with van der Waals surface area (Å²) in [4.78, 5) is 16.8. The third kappa shape index (κ3) is 3.13. The lowest BCUT2D eigenvalue weighted by molar-refractivity contribution is 0.0774. The molecule has 1 amide bonds. The van der Waals surface area contributed by atoms with E-state index in [4.69, 9.17) is 4.74 Å². The number of nitrogens with zero attached hydrogens (tertiary/aromatic N) is 2. The second-order valence-electron chi connectivity index (χ2n) is 5.27. The monoisotopic (exact) mass is 292 g/mol. The van der Waals surface area contributed by atoms with Crippen LogP contribution >= 0.6 is 0 Å². The topological polar surface area (TPSA) is 53.0 Å². The number of hydrogen-bond acceptors (Lipinski definition) is 4. The molecule has 0 aliphatic carbocycles. The molecule has 2 rings (SSSR count). The molecule has 1 aromatic rings. The van der Waals surface area contributed by atoms with Gasteiger partial charge in [0.15, 0.2) is 11.5 Å². The molecule has 116 valence electrons. The molecule has 0 aromatic heterocycles. The van der Waals surface area contributed by atoms with E-state index in [9.17, 15) is 9.90 Å². The van der Waals surface area contributed by atoms with Crippen LogP contribution in [-0.4, -0.2) is 60.1 Å². The number of likely N-dealkylation sites (tertiary alicyclic amines) is 1. The van der Waals surface area contributed by atoms with E-state index >= 15 is 0 Å². The fourth-order valence-electron chi connectivity index (χ4n) is 2.99. The first-order valence-electron chi connectivity index (χ1n) is 7.51. The van der Waals surface area contributed by atoms with Crippen molar-refractivity contribution in [2.45, 2.75) is 26.3 Å². The molecular formula is C16H24N2O3. The molecule has 0 bridgehead atoms. The van der Waals surface area contributed by atoms with Gasteiger partial charge in [0.25, 0.3) is 5.91 Å². The summed E-state index contributed by atoms with van der Waals surface area (Å²) in [5.41, 5.74) is 0.314. The Morgan fingerprint density at radius 3 is 2.76 bits per heavy atom. The number of rotatable bonds is 5. The van der Waals surface area contributed by atoms with Crippen molar-refractivity contribution in [3.05, 3.63) is 23.8 Å². The molecule has 0 saturated carbocycles. The maximum atomic E-state index is 12.6. The van der Waals surface area contributed by atoms with Crippen LogP contribution in [0.3, 0.4) is 0 Å². The Morgan fingerprint density at radius 2 is 2.14 bits per heavy atom. The van der Waals surface area contributed by atoms with Crippen molar-refractivity contribution in [1.29, 1.82) is 0 Å². The molecule has 0 radical (unpaired) electrons. The molecule has 1 aromatic carbocycles. The van der Waals surface area contributed by atoms with Crippen LogP contribution in [0, 0.1) is 0 Å². The number of methoxy groups -OCH3 is 1. The van der Waals surface area contributed by atoms with E-state index in [2.05, 4.69) is 18.7 Å². The number of aromatic hydroxyl groups is 1. The molecular weight excluding hydrogens is 268 g/mol. The van der Waals surface area contributed by atoms with Crippen molar-refractivity contribution in [2.24, 2.45) is 0 Å². The van der Waals surface area contributed by atoms with E-state index < -0.39 is 0 Å². The molecule has 1 fully saturated rings. The number of carbonyl (C=O) groups is 1. The molecule has 1 heterocycles. The number of para-hydroxylation sites is 1. The summed E-state index contributed by atoms with van der Waals surface area (Å²) in [7, 11) is 1.48. The fourth-order valence-corrected chi connectivity index (χ4v) is 2.99. The molecule has 1 aliphatic rings. The van der Waals surface area contributed by atoms with Crippen LogP contribution in [0.1, 0.15) is 30.6 Å². The predicted octanol–water partition coefficient (Wildman–Crippen LogP) is 1.96. The number of amides is 1. The molecule has 5 heteroatoms. The van der Waals surface area contributed by atoms with Crippen molar-refractivity contribution in [3.63, 3.8) is 0 Å². The summed E-state index contributed by atoms with van der Waals surface area (Å²) in [6.07, 6.45) is 0.984. The largest absolute Gasteiger partial charge is 0.504 e. The highest BCUT2D eigenvalue weighted by atomic mass is 16.5. The minimum absolute atomic E-state index is 0.0729. The molecule has 1 atom stereocenters. The molecule has 1 saturated heterocycles. The Morgan fingerprint density at radius 1 is 1.43 bits per heavy atom. The van der Waals surface area contributed by atoms with Crippen molar-refractivity contribution >= 4 is 5.91 Å². The molecule has 5 nitrogen and oxygen atoms in total. The van der Waals surface area contributed by atoms with E-state index in [0.717, 1.165) is 32.6 Å². The highest BCUT2D eigenvalue weighted by molar-refractivity contribution is 5.97. The minimum atomic E-state index is -0.124. The van der Waals surface area contributed by atoms with Crippen LogP contribution in [0.5, 0.6) is 11.5 Å². The second kappa shape index (κ2) is 6.80. The van der Waals surface area contributed by atoms with Gasteiger partial charge in [-0.25, -0.2) is 0 Å². The first kappa shape index (κ1) is 15.6. The maximum Gasteiger partial charge on any atom is 0.257 e. The van der Waals surface area contributed by atoms with Gasteiger partial charge in [-0.15, -0.1) is 0 Å². The Kier molecular flexibility index (Phi) is 5.07. The smallest absolute Gasteiger partial charge is 0.257 e. The fraction of sp³-hybridized carbons (Fsp3) is 0.562. The standard InChI is InChI=1S/C16H24N2O3/c1-4-17(5-2)12-9-10-18(11-12)16(20)13-7-6-8-14(21-3)15(13)19/h6-8,12,19H,4-5,9-11H2,1-3H3. The summed E-state index contributed by atoms with van der Waals surface area (Å²) in [5, 5.41) is 10.1. The SMILES string of the molecule is CCN(CC)C1CCN(C(=O)c2cccc(OC)c2O)C1. The summed E-state index contributed by atoms with van der Waals surface area (Å²) in [6, 6.07) is 5.43. The number of benzene rings is 1. The quantitative estimate of drug-likeness (QED) is 0.901. The van der Waals surface area contributed by atoms with Gasteiger partial charge in [-0.3, -0.25) is 9.69 Å². The first-order valence-corrected chi connectivity index (χ1v) is 7.51. The van der Waals surface area contributed by atoms with Crippen molar-refractivity contribution < 1.29 is 14.6 Å². The van der Waals surface area contributed by atoms with Gasteiger partial charge in [-0.2, -0.15) is 0 Å². The molecule has 21 heavy (non-hydrogen) atoms. The van der Waals surface area contributed by atoms with Gasteiger partial charge in [0.1, 0.15) is 0 Å². The summed E-state index contributed by atoms with van der Waals surface area (Å²) < 4.78 is 5.06. The van der Waals surface area contributed by atoms with Crippen LogP contribution in [-0.2, 0) is 0 Å². The zero-order valence-corrected chi connectivity index (χ0v) is 13.0. The van der Waals surface area contributed by atoms with E-state index in [0.29, 0.717) is 17.4 Å². The minimum Gasteiger partial charge on any atom is -0.504 e. The Hall–Kier alpha value is -1.75. The van der Waals surface area contributed by atoms with E-state index in [1.54, 1.807) is 18.2 Å². The number of phenols is 1. The first-order chi connectivity index (χ1) is 10.1. The van der Waals surface area contributed by atoms with Gasteiger partial charge in [0.05, 0.1) is 12.7 Å². The third-order valence-corrected chi connectivity index (χ3v) is 4.23. The molecule has 1 N–H and O–H groups in total. The number of likely N-dealkylation sites (N-methyl/N-ethyl adjacent to an activating group) is 1. The van der Waals surface area contributed by atoms with Gasteiger partial charge in [0.2, 0.25) is 0 Å². The zero-order chi connectivity index (χ0) is 15.4. The summed E-state index contributed by atoms with van der Waals surface area (Å²) in [6.45, 7) is 7.72. The van der Waals surface area contributed by atoms with Crippen LogP contribution < -0.4 is 4.74 Å². The highest BCUT2D eigenvalue weighted by Gasteiger charge is 2.31. The molecule has 1 aliphatic heterocycles. The lowest BCUT2D eigenvalue weighted by Gasteiger charge is -2.26. The average molecular weight is 292 g/mol. The van der Waals surface area contributed by atoms with Crippen LogP contribution in [0.25, 0.3) is 0 Å². The number of ether oxygens (including phenoxy) is 1.